The molecule has 0 bridgehead atoms. The second kappa shape index (κ2) is 8.76. The normalized spacial score (nSPS) is 16.4. The number of nitrogens with two attached hydrogens (primary N) is 1. The van der Waals surface area contributed by atoms with Crippen LogP contribution in [0.4, 0.5) is 0 Å². The molecule has 2 heterocycles. The maximum atomic E-state index is 12.8. The number of hydrogen-bond donors (Lipinski definition) is 1. The molecular formula is C26H29BClN3O5. The van der Waals surface area contributed by atoms with E-state index in [2.05, 4.69) is 0 Å². The second-order valence-corrected chi connectivity index (χ2v) is 10.4. The van der Waals surface area contributed by atoms with Crippen molar-refractivity contribution < 1.29 is 14.1 Å². The highest BCUT2D eigenvalue weighted by Gasteiger charge is 2.52. The molecule has 36 heavy (non-hydrogen) atoms. The summed E-state index contributed by atoms with van der Waals surface area (Å²) < 4.78 is 14.5. The first kappa shape index (κ1) is 25.9. The molecule has 0 unspecified atom stereocenters. The Bertz CT molecular complexity index is 1510. The van der Waals surface area contributed by atoms with Crippen molar-refractivity contribution in [1.82, 2.24) is 9.13 Å². The van der Waals surface area contributed by atoms with E-state index in [1.807, 2.05) is 58.9 Å². The molecule has 0 aliphatic carbocycles. The van der Waals surface area contributed by atoms with E-state index in [4.69, 9.17) is 26.6 Å². The van der Waals surface area contributed by atoms with Crippen LogP contribution in [-0.2, 0) is 23.4 Å². The Balaban J connectivity index is 1.92. The van der Waals surface area contributed by atoms with Crippen LogP contribution in [0.1, 0.15) is 43.6 Å². The van der Waals surface area contributed by atoms with Crippen LogP contribution in [-0.4, -0.2) is 33.4 Å². The first-order valence-electron chi connectivity index (χ1n) is 11.5. The third kappa shape index (κ3) is 3.91. The van der Waals surface area contributed by atoms with Gasteiger partial charge in [-0.3, -0.25) is 18.7 Å². The molecule has 0 saturated carbocycles. The summed E-state index contributed by atoms with van der Waals surface area (Å²) in [4.78, 5) is 37.8. The van der Waals surface area contributed by atoms with Gasteiger partial charge in [0.25, 0.3) is 11.5 Å². The predicted molar refractivity (Wildman–Crippen MR) is 142 cm³/mol. The molecule has 0 atom stereocenters. The minimum Gasteiger partial charge on any atom is -0.399 e. The molecule has 2 aromatic carbocycles. The molecule has 1 aromatic heterocycles. The molecule has 3 aromatic rings. The summed E-state index contributed by atoms with van der Waals surface area (Å²) in [6.07, 6.45) is 0. The summed E-state index contributed by atoms with van der Waals surface area (Å²) in [7, 11) is 2.16. The van der Waals surface area contributed by atoms with Crippen LogP contribution >= 0.6 is 11.6 Å². The smallest absolute Gasteiger partial charge is 0.399 e. The van der Waals surface area contributed by atoms with E-state index in [0.29, 0.717) is 16.0 Å². The van der Waals surface area contributed by atoms with Crippen molar-refractivity contribution in [2.24, 2.45) is 19.8 Å². The average molecular weight is 510 g/mol. The number of carbonyl (C=O) groups excluding carboxylic acids is 1. The zero-order valence-corrected chi connectivity index (χ0v) is 22.2. The van der Waals surface area contributed by atoms with Crippen molar-refractivity contribution in [2.75, 3.05) is 0 Å². The van der Waals surface area contributed by atoms with Crippen molar-refractivity contribution in [2.45, 2.75) is 45.8 Å². The van der Waals surface area contributed by atoms with Crippen LogP contribution < -0.4 is 22.4 Å². The third-order valence-corrected chi connectivity index (χ3v) is 7.75. The van der Waals surface area contributed by atoms with E-state index >= 15 is 0 Å². The van der Waals surface area contributed by atoms with E-state index in [1.165, 1.54) is 18.7 Å². The lowest BCUT2D eigenvalue weighted by Gasteiger charge is -2.32. The molecule has 1 amide bonds. The number of primary amides is 1. The van der Waals surface area contributed by atoms with Crippen LogP contribution in [0.25, 0.3) is 22.4 Å². The van der Waals surface area contributed by atoms with Gasteiger partial charge in [0.2, 0.25) is 0 Å². The highest BCUT2D eigenvalue weighted by Crippen LogP contribution is 2.39. The van der Waals surface area contributed by atoms with E-state index in [9.17, 15) is 14.4 Å². The summed E-state index contributed by atoms with van der Waals surface area (Å²) in [6, 6.07) is 11.0. The summed E-state index contributed by atoms with van der Waals surface area (Å²) in [6.45, 7) is 9.74. The van der Waals surface area contributed by atoms with Crippen LogP contribution in [0.5, 0.6) is 0 Å². The van der Waals surface area contributed by atoms with Gasteiger partial charge in [-0.05, 0) is 45.7 Å². The van der Waals surface area contributed by atoms with Gasteiger partial charge < -0.3 is 15.0 Å². The number of halogens is 1. The maximum Gasteiger partial charge on any atom is 0.496 e. The quantitative estimate of drug-likeness (QED) is 0.545. The SMILES string of the molecule is Cc1c(-c2cccc(B3OC(C)(C)C(C)(C)O3)c2Cl)cccc1-c1c(C(N)=O)c(=O)n(C)c(=O)n1C. The highest BCUT2D eigenvalue weighted by atomic mass is 35.5. The number of amides is 1. The Morgan fingerprint density at radius 3 is 2.03 bits per heavy atom. The Hall–Kier alpha value is -3.14. The topological polar surface area (TPSA) is 106 Å². The van der Waals surface area contributed by atoms with Crippen LogP contribution in [0, 0.1) is 6.92 Å². The standard InChI is InChI=1S/C26H29BClN3O5/c1-14-15(17-12-9-13-18(20(17)28)27-35-25(2,3)26(4,5)36-27)10-8-11-16(14)21-19(22(29)32)23(33)31(7)24(34)30(21)6/h8-13H,1-7H3,(H2,29,32). The summed E-state index contributed by atoms with van der Waals surface area (Å²) >= 11 is 6.92. The van der Waals surface area contributed by atoms with Crippen LogP contribution in [0.3, 0.4) is 0 Å². The summed E-state index contributed by atoms with van der Waals surface area (Å²) in [5, 5.41) is 0.462. The van der Waals surface area contributed by atoms with Gasteiger partial charge in [0, 0.05) is 35.7 Å². The minimum atomic E-state index is -0.910. The van der Waals surface area contributed by atoms with Crippen molar-refractivity contribution in [3.8, 4) is 22.4 Å². The average Bonchev–Trinajstić information content (AvgIpc) is 3.02. The van der Waals surface area contributed by atoms with Gasteiger partial charge in [0.1, 0.15) is 5.56 Å². The number of aromatic nitrogens is 2. The largest absolute Gasteiger partial charge is 0.496 e. The number of carbonyl (C=O) groups is 1. The number of benzene rings is 2. The molecular weight excluding hydrogens is 481 g/mol. The minimum absolute atomic E-state index is 0.160. The van der Waals surface area contributed by atoms with Crippen molar-refractivity contribution >= 4 is 30.1 Å². The van der Waals surface area contributed by atoms with Crippen LogP contribution in [0.15, 0.2) is 46.0 Å². The number of hydrogen-bond acceptors (Lipinski definition) is 5. The molecule has 8 nitrogen and oxygen atoms in total. The lowest BCUT2D eigenvalue weighted by molar-refractivity contribution is 0.00578. The van der Waals surface area contributed by atoms with Crippen LogP contribution in [0.2, 0.25) is 5.02 Å². The molecule has 1 fully saturated rings. The summed E-state index contributed by atoms with van der Waals surface area (Å²) in [5.74, 6) is -0.910. The van der Waals surface area contributed by atoms with Gasteiger partial charge >= 0.3 is 12.8 Å². The first-order chi connectivity index (χ1) is 16.7. The Kier molecular flexibility index (Phi) is 6.31. The fourth-order valence-electron chi connectivity index (χ4n) is 4.48. The highest BCUT2D eigenvalue weighted by molar-refractivity contribution is 6.66. The molecule has 1 saturated heterocycles. The van der Waals surface area contributed by atoms with Gasteiger partial charge in [0.05, 0.1) is 16.9 Å². The zero-order chi connectivity index (χ0) is 26.7. The fourth-order valence-corrected chi connectivity index (χ4v) is 4.79. The summed E-state index contributed by atoms with van der Waals surface area (Å²) in [5.41, 5.74) is 6.55. The predicted octanol–water partition coefficient (Wildman–Crippen LogP) is 2.78. The van der Waals surface area contributed by atoms with Crippen molar-refractivity contribution in [3.63, 3.8) is 0 Å². The lowest BCUT2D eigenvalue weighted by Crippen LogP contribution is -2.42. The van der Waals surface area contributed by atoms with Gasteiger partial charge in [-0.1, -0.05) is 48.0 Å². The fraction of sp³-hybridized carbons (Fsp3) is 0.346. The Morgan fingerprint density at radius 2 is 1.44 bits per heavy atom. The number of rotatable bonds is 4. The van der Waals surface area contributed by atoms with E-state index in [-0.39, 0.29) is 11.3 Å². The van der Waals surface area contributed by atoms with Gasteiger partial charge in [-0.25, -0.2) is 4.79 Å². The molecule has 2 N–H and O–H groups in total. The van der Waals surface area contributed by atoms with Gasteiger partial charge in [0.15, 0.2) is 0 Å². The number of nitrogens with zero attached hydrogens (tertiary/aromatic N) is 2. The Labute approximate surface area is 214 Å². The van der Waals surface area contributed by atoms with Gasteiger partial charge in [-0.15, -0.1) is 0 Å². The molecule has 1 aliphatic rings. The van der Waals surface area contributed by atoms with Crippen molar-refractivity contribution in [1.29, 1.82) is 0 Å². The zero-order valence-electron chi connectivity index (χ0n) is 21.4. The van der Waals surface area contributed by atoms with E-state index in [0.717, 1.165) is 21.3 Å². The molecule has 0 spiro atoms. The van der Waals surface area contributed by atoms with Crippen molar-refractivity contribution in [3.05, 3.63) is 73.4 Å². The third-order valence-electron chi connectivity index (χ3n) is 7.33. The Morgan fingerprint density at radius 1 is 0.917 bits per heavy atom. The lowest BCUT2D eigenvalue weighted by atomic mass is 9.77. The molecule has 4 rings (SSSR count). The van der Waals surface area contributed by atoms with E-state index in [1.54, 1.807) is 12.1 Å². The maximum absolute atomic E-state index is 12.8. The first-order valence-corrected chi connectivity index (χ1v) is 11.9. The monoisotopic (exact) mass is 509 g/mol. The molecule has 0 radical (unpaired) electrons. The van der Waals surface area contributed by atoms with Gasteiger partial charge in [-0.2, -0.15) is 0 Å². The molecule has 1 aliphatic heterocycles. The molecule has 10 heteroatoms. The second-order valence-electron chi connectivity index (χ2n) is 10.1. The molecule has 188 valence electrons. The van der Waals surface area contributed by atoms with E-state index < -0.39 is 35.5 Å².